The van der Waals surface area contributed by atoms with Crippen molar-refractivity contribution in [2.45, 2.75) is 90.5 Å². The summed E-state index contributed by atoms with van der Waals surface area (Å²) in [5.74, 6) is -0.766. The summed E-state index contributed by atoms with van der Waals surface area (Å²) in [5.41, 5.74) is 11.9. The van der Waals surface area contributed by atoms with Crippen LogP contribution in [0.5, 0.6) is 11.5 Å². The third-order valence-corrected chi connectivity index (χ3v) is 13.4. The second-order valence-corrected chi connectivity index (χ2v) is 19.2. The van der Waals surface area contributed by atoms with Crippen LogP contribution in [-0.2, 0) is 34.1 Å². The molecule has 2 saturated heterocycles. The number of nitrogens with zero attached hydrogens (tertiary/aromatic N) is 6. The van der Waals surface area contributed by atoms with Gasteiger partial charge in [0, 0.05) is 63.4 Å². The molecule has 3 fully saturated rings. The Hall–Kier alpha value is -6.17. The first kappa shape index (κ1) is 45.4. The van der Waals surface area contributed by atoms with Gasteiger partial charge in [0.25, 0.3) is 5.91 Å². The molecule has 0 bridgehead atoms. The number of carbonyl (C=O) groups is 3. The fourth-order valence-electron chi connectivity index (χ4n) is 8.35. The molecule has 5 aromatic rings. The second kappa shape index (κ2) is 18.7. The fourth-order valence-corrected chi connectivity index (χ4v) is 9.15. The Morgan fingerprint density at radius 1 is 1.00 bits per heavy atom. The van der Waals surface area contributed by atoms with E-state index in [1.165, 1.54) is 16.2 Å². The number of hydrogen-bond acceptors (Lipinski definition) is 13. The van der Waals surface area contributed by atoms with E-state index in [9.17, 15) is 29.0 Å². The van der Waals surface area contributed by atoms with Crippen LogP contribution >= 0.6 is 11.3 Å². The van der Waals surface area contributed by atoms with Gasteiger partial charge in [0.2, 0.25) is 11.8 Å². The summed E-state index contributed by atoms with van der Waals surface area (Å²) < 4.78 is 21.1. The molecule has 6 N–H and O–H groups in total. The van der Waals surface area contributed by atoms with Crippen LogP contribution < -0.4 is 26.0 Å². The van der Waals surface area contributed by atoms with E-state index in [2.05, 4.69) is 59.9 Å². The summed E-state index contributed by atoms with van der Waals surface area (Å²) in [5, 5.41) is 35.0. The van der Waals surface area contributed by atoms with Crippen molar-refractivity contribution in [1.82, 2.24) is 35.6 Å². The zero-order valence-corrected chi connectivity index (χ0v) is 37.9. The van der Waals surface area contributed by atoms with Crippen LogP contribution in [0.3, 0.4) is 0 Å². The molecule has 0 unspecified atom stereocenters. The Kier molecular flexibility index (Phi) is 13.1. The Morgan fingerprint density at radius 3 is 2.40 bits per heavy atom. The number of aromatic hydroxyl groups is 1. The number of halogens is 1. The van der Waals surface area contributed by atoms with E-state index in [4.69, 9.17) is 10.5 Å². The second-order valence-electron chi connectivity index (χ2n) is 18.3. The van der Waals surface area contributed by atoms with Gasteiger partial charge in [0.15, 0.2) is 11.5 Å². The standard InChI is InChI=1S/C48H56FN9O6S/c1-29-41(65-28-52-29)32-13-14-33(24-51-44(61)38-22-34(59)26-58(38)45(62)42(47(2,3)4)53-46(63)48(49)15-16-48)40(21-32)64-27-31-11-9-30(10-12-31)25-56-17-19-57(20-18-56)37-23-36(54-55-43(37)50)35-7-5-6-8-39(35)60/h5-14,21,23,28,34,38,42,59-60H,15-20,22,24-27H2,1-4H3,(H2,50,55)(H,51,61)(H,53,63)/t34-,38+,42-/m1/s1. The number of nitrogen functional groups attached to an aromatic ring is 1. The maximum Gasteiger partial charge on any atom is 0.258 e. The first-order valence-corrected chi connectivity index (χ1v) is 22.8. The van der Waals surface area contributed by atoms with E-state index in [0.29, 0.717) is 28.4 Å². The molecule has 3 aliphatic rings. The number of amides is 3. The van der Waals surface area contributed by atoms with E-state index >= 15 is 0 Å². The van der Waals surface area contributed by atoms with Crippen LogP contribution in [0.4, 0.5) is 15.9 Å². The van der Waals surface area contributed by atoms with E-state index in [1.807, 2.05) is 37.3 Å². The third-order valence-electron chi connectivity index (χ3n) is 12.4. The summed E-state index contributed by atoms with van der Waals surface area (Å²) in [6.45, 7) is 11.4. The minimum absolute atomic E-state index is 0.0236. The number of phenols is 1. The first-order chi connectivity index (χ1) is 31.1. The van der Waals surface area contributed by atoms with Crippen molar-refractivity contribution in [3.63, 3.8) is 0 Å². The Bertz CT molecular complexity index is 2540. The van der Waals surface area contributed by atoms with Gasteiger partial charge >= 0.3 is 0 Å². The highest BCUT2D eigenvalue weighted by Crippen LogP contribution is 2.41. The topological polar surface area (TPSA) is 199 Å². The highest BCUT2D eigenvalue weighted by Gasteiger charge is 2.53. The Balaban J connectivity index is 0.896. The minimum Gasteiger partial charge on any atom is -0.507 e. The summed E-state index contributed by atoms with van der Waals surface area (Å²) in [7, 11) is 0. The van der Waals surface area contributed by atoms with Gasteiger partial charge in [-0.05, 0) is 66.1 Å². The number of piperazine rings is 1. The highest BCUT2D eigenvalue weighted by atomic mass is 32.1. The van der Waals surface area contributed by atoms with Crippen molar-refractivity contribution < 1.29 is 33.7 Å². The lowest BCUT2D eigenvalue weighted by atomic mass is 9.85. The molecule has 3 amide bonds. The monoisotopic (exact) mass is 905 g/mol. The molecule has 4 heterocycles. The van der Waals surface area contributed by atoms with E-state index < -0.39 is 47.0 Å². The number of nitrogens with one attached hydrogen (secondary N) is 2. The van der Waals surface area contributed by atoms with Gasteiger partial charge in [-0.25, -0.2) is 9.37 Å². The van der Waals surface area contributed by atoms with Crippen molar-refractivity contribution in [2.75, 3.05) is 43.4 Å². The van der Waals surface area contributed by atoms with E-state index in [0.717, 1.165) is 65.7 Å². The number of β-amino-alcohol motifs (C(OH)–C–C–N with tert-alkyl or cyclic N) is 1. The molecular formula is C48H56FN9O6S. The lowest BCUT2D eigenvalue weighted by Crippen LogP contribution is -2.59. The zero-order valence-electron chi connectivity index (χ0n) is 37.1. The van der Waals surface area contributed by atoms with Crippen LogP contribution in [0.25, 0.3) is 21.7 Å². The third kappa shape index (κ3) is 10.4. The number of rotatable bonds is 14. The molecule has 1 saturated carbocycles. The van der Waals surface area contributed by atoms with Crippen LogP contribution in [0.15, 0.2) is 78.3 Å². The molecule has 0 radical (unpaired) electrons. The number of para-hydroxylation sites is 1. The number of likely N-dealkylation sites (tertiary alicyclic amines) is 1. The first-order valence-electron chi connectivity index (χ1n) is 22.0. The quantitative estimate of drug-likeness (QED) is 0.0956. The van der Waals surface area contributed by atoms with Crippen LogP contribution in [-0.4, -0.2) is 109 Å². The van der Waals surface area contributed by atoms with Gasteiger partial charge in [0.05, 0.1) is 33.6 Å². The Morgan fingerprint density at radius 2 is 1.72 bits per heavy atom. The lowest BCUT2D eigenvalue weighted by Gasteiger charge is -2.36. The van der Waals surface area contributed by atoms with Gasteiger partial charge in [-0.1, -0.05) is 69.3 Å². The number of alkyl halides is 1. The summed E-state index contributed by atoms with van der Waals surface area (Å²) in [4.78, 5) is 51.8. The van der Waals surface area contributed by atoms with Crippen molar-refractivity contribution in [3.05, 3.63) is 101 Å². The largest absolute Gasteiger partial charge is 0.507 e. The van der Waals surface area contributed by atoms with Crippen molar-refractivity contribution >= 4 is 40.6 Å². The number of aliphatic hydroxyl groups is 1. The molecule has 2 aromatic heterocycles. The predicted molar refractivity (Wildman–Crippen MR) is 247 cm³/mol. The maximum absolute atomic E-state index is 14.7. The van der Waals surface area contributed by atoms with Crippen molar-refractivity contribution in [2.24, 2.45) is 5.41 Å². The van der Waals surface area contributed by atoms with Crippen molar-refractivity contribution in [3.8, 4) is 33.2 Å². The van der Waals surface area contributed by atoms with Gasteiger partial charge in [0.1, 0.15) is 30.2 Å². The number of phenolic OH excluding ortho intramolecular Hbond substituents is 1. The molecule has 17 heteroatoms. The Labute approximate surface area is 381 Å². The number of aryl methyl sites for hydroxylation is 1. The molecule has 3 aromatic carbocycles. The van der Waals surface area contributed by atoms with Crippen LogP contribution in [0.2, 0.25) is 0 Å². The molecule has 15 nitrogen and oxygen atoms in total. The smallest absolute Gasteiger partial charge is 0.258 e. The minimum atomic E-state index is -1.97. The number of anilines is 2. The average molecular weight is 906 g/mol. The number of benzene rings is 3. The number of carbonyl (C=O) groups excluding carboxylic acids is 3. The molecule has 0 spiro atoms. The predicted octanol–water partition coefficient (Wildman–Crippen LogP) is 5.38. The molecule has 2 aliphatic heterocycles. The average Bonchev–Trinajstić information content (AvgIpc) is 3.70. The van der Waals surface area contributed by atoms with Gasteiger partial charge < -0.3 is 41.1 Å². The van der Waals surface area contributed by atoms with Crippen LogP contribution in [0.1, 0.15) is 62.4 Å². The molecule has 3 atom stereocenters. The number of hydrogen-bond donors (Lipinski definition) is 5. The van der Waals surface area contributed by atoms with Crippen LogP contribution in [0, 0.1) is 12.3 Å². The molecule has 342 valence electrons. The summed E-state index contributed by atoms with van der Waals surface area (Å²) >= 11 is 1.53. The number of aliphatic hydroxyl groups excluding tert-OH is 1. The van der Waals surface area contributed by atoms with Gasteiger partial charge in [-0.3, -0.25) is 19.3 Å². The number of thiazole rings is 1. The fraction of sp³-hybridized carbons (Fsp3) is 0.417. The number of ether oxygens (including phenoxy) is 1. The van der Waals surface area contributed by atoms with E-state index in [-0.39, 0.29) is 44.7 Å². The highest BCUT2D eigenvalue weighted by molar-refractivity contribution is 7.13. The molecule has 1 aliphatic carbocycles. The van der Waals surface area contributed by atoms with Gasteiger partial charge in [-0.15, -0.1) is 21.5 Å². The normalized spacial score (nSPS) is 18.9. The van der Waals surface area contributed by atoms with E-state index in [1.54, 1.807) is 44.5 Å². The van der Waals surface area contributed by atoms with Gasteiger partial charge in [-0.2, -0.15) is 0 Å². The maximum atomic E-state index is 14.7. The zero-order chi connectivity index (χ0) is 46.0. The van der Waals surface area contributed by atoms with Crippen molar-refractivity contribution in [1.29, 1.82) is 0 Å². The molecular weight excluding hydrogens is 850 g/mol. The molecule has 8 rings (SSSR count). The summed E-state index contributed by atoms with van der Waals surface area (Å²) in [6.07, 6.45) is -0.706. The summed E-state index contributed by atoms with van der Waals surface area (Å²) in [6, 6.07) is 21.0. The molecule has 65 heavy (non-hydrogen) atoms. The SMILES string of the molecule is Cc1ncsc1-c1ccc(CNC(=O)[C@@H]2C[C@@H](O)CN2C(=O)[C@@H](NC(=O)C2(F)CC2)C(C)(C)C)c(OCc2ccc(CN3CCN(c4cc(-c5ccccc5O)nnc4N)CC3)cc2)c1. The lowest BCUT2D eigenvalue weighted by molar-refractivity contribution is -0.145. The number of nitrogens with two attached hydrogens (primary N) is 1. The number of aromatic nitrogens is 3.